The summed E-state index contributed by atoms with van der Waals surface area (Å²) >= 11 is 0. The second-order valence-electron chi connectivity index (χ2n) is 7.21. The van der Waals surface area contributed by atoms with E-state index in [1.807, 2.05) is 31.2 Å². The van der Waals surface area contributed by atoms with Crippen molar-refractivity contribution in [2.45, 2.75) is 38.3 Å². The highest BCUT2D eigenvalue weighted by atomic mass is 16.5. The van der Waals surface area contributed by atoms with E-state index in [1.54, 1.807) is 12.0 Å². The summed E-state index contributed by atoms with van der Waals surface area (Å²) in [6.45, 7) is 4.77. The molecule has 2 aliphatic rings. The third kappa shape index (κ3) is 3.41. The summed E-state index contributed by atoms with van der Waals surface area (Å²) in [4.78, 5) is 26.5. The van der Waals surface area contributed by atoms with Gasteiger partial charge in [0.1, 0.15) is 11.8 Å². The zero-order valence-electron chi connectivity index (χ0n) is 15.4. The van der Waals surface area contributed by atoms with Crippen molar-refractivity contribution in [3.63, 3.8) is 0 Å². The van der Waals surface area contributed by atoms with Crippen LogP contribution in [0, 0.1) is 11.8 Å². The van der Waals surface area contributed by atoms with Gasteiger partial charge in [0.15, 0.2) is 0 Å². The first-order chi connectivity index (χ1) is 12.5. The van der Waals surface area contributed by atoms with Gasteiger partial charge < -0.3 is 14.7 Å². The van der Waals surface area contributed by atoms with Crippen molar-refractivity contribution in [3.05, 3.63) is 29.8 Å². The normalized spacial score (nSPS) is 31.2. The Balaban J connectivity index is 1.79. The van der Waals surface area contributed by atoms with Gasteiger partial charge in [0.05, 0.1) is 13.0 Å². The van der Waals surface area contributed by atoms with E-state index in [2.05, 4.69) is 17.8 Å². The van der Waals surface area contributed by atoms with Crippen LogP contribution in [0.15, 0.2) is 24.3 Å². The number of carbonyl (C=O) groups excluding carboxylic acids is 1. The highest BCUT2D eigenvalue weighted by molar-refractivity contribution is 5.84. The number of hydrazine groups is 1. The highest BCUT2D eigenvalue weighted by Crippen LogP contribution is 2.35. The van der Waals surface area contributed by atoms with Crippen molar-refractivity contribution < 1.29 is 19.4 Å². The smallest absolute Gasteiger partial charge is 0.308 e. The molecule has 7 heteroatoms. The summed E-state index contributed by atoms with van der Waals surface area (Å²) in [5, 5.41) is 9.67. The number of aliphatic carboxylic acids is 1. The van der Waals surface area contributed by atoms with E-state index >= 15 is 0 Å². The van der Waals surface area contributed by atoms with E-state index < -0.39 is 11.9 Å². The molecule has 2 saturated heterocycles. The van der Waals surface area contributed by atoms with Gasteiger partial charge in [-0.2, -0.15) is 0 Å². The van der Waals surface area contributed by atoms with Crippen molar-refractivity contribution in [2.24, 2.45) is 11.8 Å². The van der Waals surface area contributed by atoms with Gasteiger partial charge in [-0.1, -0.05) is 26.0 Å². The average Bonchev–Trinajstić information content (AvgIpc) is 3.25. The minimum Gasteiger partial charge on any atom is -0.497 e. The van der Waals surface area contributed by atoms with Crippen molar-refractivity contribution in [1.82, 2.24) is 15.8 Å². The number of methoxy groups -OCH3 is 1. The number of carboxylic acids is 1. The van der Waals surface area contributed by atoms with E-state index in [0.29, 0.717) is 12.3 Å². The monoisotopic (exact) mass is 361 g/mol. The lowest BCUT2D eigenvalue weighted by Crippen LogP contribution is -2.46. The van der Waals surface area contributed by atoms with Gasteiger partial charge in [-0.05, 0) is 30.0 Å². The summed E-state index contributed by atoms with van der Waals surface area (Å²) in [5.74, 6) is -0.900. The molecule has 0 bridgehead atoms. The van der Waals surface area contributed by atoms with Crippen LogP contribution in [0.5, 0.6) is 5.75 Å². The van der Waals surface area contributed by atoms with Gasteiger partial charge in [-0.15, -0.1) is 0 Å². The average molecular weight is 361 g/mol. The van der Waals surface area contributed by atoms with Gasteiger partial charge in [0, 0.05) is 25.0 Å². The molecule has 3 unspecified atom stereocenters. The maximum atomic E-state index is 13.0. The van der Waals surface area contributed by atoms with E-state index in [1.165, 1.54) is 0 Å². The predicted molar refractivity (Wildman–Crippen MR) is 96.7 cm³/mol. The second-order valence-corrected chi connectivity index (χ2v) is 7.21. The first-order valence-corrected chi connectivity index (χ1v) is 9.12. The van der Waals surface area contributed by atoms with E-state index in [-0.39, 0.29) is 36.4 Å². The number of hydrogen-bond donors (Lipinski definition) is 3. The Kier molecular flexibility index (Phi) is 5.48. The zero-order valence-corrected chi connectivity index (χ0v) is 15.4. The maximum absolute atomic E-state index is 13.0. The van der Waals surface area contributed by atoms with Gasteiger partial charge in [-0.25, -0.2) is 5.43 Å². The van der Waals surface area contributed by atoms with Gasteiger partial charge in [0.25, 0.3) is 0 Å². The Morgan fingerprint density at radius 1 is 1.31 bits per heavy atom. The SMILES string of the molecule is CCC1NNC(C(=O)N2C[C@H](C(=O)O)[C@@H](c3cccc(OC)c3)C2)C1C. The predicted octanol–water partition coefficient (Wildman–Crippen LogP) is 1.21. The molecule has 2 fully saturated rings. The number of carboxylic acid groups (broad SMARTS) is 1. The Bertz CT molecular complexity index is 681. The summed E-state index contributed by atoms with van der Waals surface area (Å²) < 4.78 is 5.26. The standard InChI is InChI=1S/C19H27N3O4/c1-4-16-11(2)17(21-20-16)18(23)22-9-14(15(10-22)19(24)25)12-6-5-7-13(8-12)26-3/h5-8,11,14-17,20-21H,4,9-10H2,1-3H3,(H,24,25)/t11?,14-,15+,16?,17?/m1/s1. The summed E-state index contributed by atoms with van der Waals surface area (Å²) in [6.07, 6.45) is 0.933. The molecule has 3 rings (SSSR count). The van der Waals surface area contributed by atoms with Crippen LogP contribution in [0.1, 0.15) is 31.7 Å². The maximum Gasteiger partial charge on any atom is 0.308 e. The largest absolute Gasteiger partial charge is 0.497 e. The van der Waals surface area contributed by atoms with E-state index in [0.717, 1.165) is 12.0 Å². The van der Waals surface area contributed by atoms with Gasteiger partial charge in [-0.3, -0.25) is 15.0 Å². The molecule has 0 aliphatic carbocycles. The van der Waals surface area contributed by atoms with E-state index in [9.17, 15) is 14.7 Å². The fourth-order valence-electron chi connectivity index (χ4n) is 4.09. The van der Waals surface area contributed by atoms with Crippen molar-refractivity contribution in [2.75, 3.05) is 20.2 Å². The molecule has 2 heterocycles. The van der Waals surface area contributed by atoms with Crippen LogP contribution in [0.3, 0.4) is 0 Å². The molecule has 7 nitrogen and oxygen atoms in total. The lowest BCUT2D eigenvalue weighted by molar-refractivity contribution is -0.142. The zero-order chi connectivity index (χ0) is 18.8. The first kappa shape index (κ1) is 18.7. The van der Waals surface area contributed by atoms with Crippen LogP contribution in [-0.2, 0) is 9.59 Å². The molecule has 26 heavy (non-hydrogen) atoms. The molecule has 1 aromatic carbocycles. The van der Waals surface area contributed by atoms with E-state index in [4.69, 9.17) is 4.74 Å². The molecule has 5 atom stereocenters. The summed E-state index contributed by atoms with van der Waals surface area (Å²) in [7, 11) is 1.59. The highest BCUT2D eigenvalue weighted by Gasteiger charge is 2.45. The molecule has 3 N–H and O–H groups in total. The number of rotatable bonds is 5. The minimum atomic E-state index is -0.870. The Labute approximate surface area is 153 Å². The topological polar surface area (TPSA) is 90.9 Å². The molecule has 0 spiro atoms. The lowest BCUT2D eigenvalue weighted by atomic mass is 9.89. The number of hydrogen-bond acceptors (Lipinski definition) is 5. The van der Waals surface area contributed by atoms with Crippen molar-refractivity contribution >= 4 is 11.9 Å². The number of ether oxygens (including phenoxy) is 1. The first-order valence-electron chi connectivity index (χ1n) is 9.12. The van der Waals surface area contributed by atoms with Crippen LogP contribution in [0.4, 0.5) is 0 Å². The number of likely N-dealkylation sites (tertiary alicyclic amines) is 1. The fraction of sp³-hybridized carbons (Fsp3) is 0.579. The van der Waals surface area contributed by atoms with Crippen molar-refractivity contribution in [1.29, 1.82) is 0 Å². The third-order valence-electron chi connectivity index (χ3n) is 5.76. The van der Waals surface area contributed by atoms with Crippen LogP contribution >= 0.6 is 0 Å². The van der Waals surface area contributed by atoms with Gasteiger partial charge >= 0.3 is 5.97 Å². The molecule has 0 aromatic heterocycles. The van der Waals surface area contributed by atoms with Crippen LogP contribution < -0.4 is 15.6 Å². The number of benzene rings is 1. The molecular weight excluding hydrogens is 334 g/mol. The number of amides is 1. The molecule has 0 radical (unpaired) electrons. The lowest BCUT2D eigenvalue weighted by Gasteiger charge is -2.23. The summed E-state index contributed by atoms with van der Waals surface area (Å²) in [5.41, 5.74) is 7.16. The third-order valence-corrected chi connectivity index (χ3v) is 5.76. The van der Waals surface area contributed by atoms with Crippen LogP contribution in [0.25, 0.3) is 0 Å². The van der Waals surface area contributed by atoms with Gasteiger partial charge in [0.2, 0.25) is 5.91 Å². The van der Waals surface area contributed by atoms with Crippen molar-refractivity contribution in [3.8, 4) is 5.75 Å². The molecule has 2 aliphatic heterocycles. The fourth-order valence-corrected chi connectivity index (χ4v) is 4.09. The molecule has 0 saturated carbocycles. The number of carbonyl (C=O) groups is 2. The number of nitrogens with zero attached hydrogens (tertiary/aromatic N) is 1. The van der Waals surface area contributed by atoms with Crippen LogP contribution in [0.2, 0.25) is 0 Å². The Morgan fingerprint density at radius 2 is 2.08 bits per heavy atom. The Hall–Kier alpha value is -2.12. The molecular formula is C19H27N3O4. The molecule has 1 aromatic rings. The van der Waals surface area contributed by atoms with Crippen LogP contribution in [-0.4, -0.2) is 54.2 Å². The molecule has 1 amide bonds. The quantitative estimate of drug-likeness (QED) is 0.730. The number of nitrogens with one attached hydrogen (secondary N) is 2. The minimum absolute atomic E-state index is 0.0300. The second kappa shape index (κ2) is 7.63. The molecule has 142 valence electrons. The summed E-state index contributed by atoms with van der Waals surface area (Å²) in [6, 6.07) is 7.38. The Morgan fingerprint density at radius 3 is 2.69 bits per heavy atom.